The third-order valence-electron chi connectivity index (χ3n) is 8.23. The first-order chi connectivity index (χ1) is 20.5. The minimum atomic E-state index is -0.356. The fraction of sp³-hybridized carbons (Fsp3) is 0.455. The van der Waals surface area contributed by atoms with Gasteiger partial charge in [-0.05, 0) is 56.2 Å². The van der Waals surface area contributed by atoms with Gasteiger partial charge < -0.3 is 25.0 Å². The summed E-state index contributed by atoms with van der Waals surface area (Å²) in [7, 11) is 1.57. The molecular weight excluding hydrogens is 530 g/mol. The van der Waals surface area contributed by atoms with Crippen LogP contribution in [0.15, 0.2) is 60.8 Å². The Balaban J connectivity index is 1.20. The number of benzene rings is 1. The average molecular weight is 572 g/mol. The molecule has 3 heterocycles. The van der Waals surface area contributed by atoms with E-state index in [1.807, 2.05) is 36.4 Å². The van der Waals surface area contributed by atoms with Crippen molar-refractivity contribution in [3.63, 3.8) is 0 Å². The molecule has 1 spiro atoms. The normalized spacial score (nSPS) is 15.3. The van der Waals surface area contributed by atoms with E-state index in [1.54, 1.807) is 31.2 Å². The molecule has 1 aromatic carbocycles. The summed E-state index contributed by atoms with van der Waals surface area (Å²) in [6.45, 7) is 4.24. The molecule has 2 aromatic heterocycles. The second kappa shape index (κ2) is 13.8. The van der Waals surface area contributed by atoms with Gasteiger partial charge >= 0.3 is 6.09 Å². The highest BCUT2D eigenvalue weighted by atomic mass is 16.6. The molecule has 222 valence electrons. The zero-order valence-electron chi connectivity index (χ0n) is 24.6. The molecule has 9 heteroatoms. The predicted octanol–water partition coefficient (Wildman–Crippen LogP) is 5.21. The van der Waals surface area contributed by atoms with Crippen molar-refractivity contribution in [2.24, 2.45) is 0 Å². The topological polar surface area (TPSA) is 106 Å². The molecule has 0 saturated heterocycles. The number of nitrogens with one attached hydrogen (secondary N) is 2. The number of hydrogen-bond acceptors (Lipinski definition) is 8. The molecule has 1 fully saturated rings. The van der Waals surface area contributed by atoms with Gasteiger partial charge in [0, 0.05) is 67.6 Å². The highest BCUT2D eigenvalue weighted by Gasteiger charge is 2.47. The van der Waals surface area contributed by atoms with E-state index < -0.39 is 0 Å². The quantitative estimate of drug-likeness (QED) is 0.272. The van der Waals surface area contributed by atoms with Gasteiger partial charge in [0.25, 0.3) is 0 Å². The summed E-state index contributed by atoms with van der Waals surface area (Å²) in [5.74, 6) is 1.62. The molecule has 1 aliphatic heterocycles. The minimum Gasteiger partial charge on any atom is -0.481 e. The first-order valence-corrected chi connectivity index (χ1v) is 14.9. The molecule has 0 unspecified atom stereocenters. The smallest absolute Gasteiger partial charge is 0.410 e. The van der Waals surface area contributed by atoms with Crippen LogP contribution in [-0.2, 0) is 28.0 Å². The molecule has 1 aliphatic carbocycles. The lowest BCUT2D eigenvalue weighted by Gasteiger charge is -2.26. The van der Waals surface area contributed by atoms with E-state index in [0.29, 0.717) is 37.4 Å². The lowest BCUT2D eigenvalue weighted by Crippen LogP contribution is -2.39. The summed E-state index contributed by atoms with van der Waals surface area (Å²) in [5.41, 5.74) is 4.59. The number of carbonyl (C=O) groups is 2. The predicted molar refractivity (Wildman–Crippen MR) is 162 cm³/mol. The number of hydrogen-bond donors (Lipinski definition) is 2. The van der Waals surface area contributed by atoms with Crippen molar-refractivity contribution in [1.82, 2.24) is 20.2 Å². The second-order valence-electron chi connectivity index (χ2n) is 11.3. The van der Waals surface area contributed by atoms with E-state index in [-0.39, 0.29) is 24.5 Å². The maximum atomic E-state index is 13.2. The van der Waals surface area contributed by atoms with Gasteiger partial charge in [-0.2, -0.15) is 0 Å². The van der Waals surface area contributed by atoms with Crippen LogP contribution in [0.4, 0.5) is 10.6 Å². The third-order valence-corrected chi connectivity index (χ3v) is 8.23. The number of aryl methyl sites for hydroxylation is 1. The largest absolute Gasteiger partial charge is 0.481 e. The number of ketones is 1. The fourth-order valence-corrected chi connectivity index (χ4v) is 5.67. The third kappa shape index (κ3) is 7.64. The van der Waals surface area contributed by atoms with Crippen LogP contribution in [0.1, 0.15) is 67.5 Å². The van der Waals surface area contributed by atoms with E-state index in [4.69, 9.17) is 14.5 Å². The highest BCUT2D eigenvalue weighted by Crippen LogP contribution is 2.54. The van der Waals surface area contributed by atoms with E-state index in [1.165, 1.54) is 24.8 Å². The zero-order valence-corrected chi connectivity index (χ0v) is 24.6. The van der Waals surface area contributed by atoms with Gasteiger partial charge in [0.05, 0.1) is 7.11 Å². The summed E-state index contributed by atoms with van der Waals surface area (Å²) in [4.78, 5) is 36.1. The summed E-state index contributed by atoms with van der Waals surface area (Å²) in [5, 5.41) is 6.93. The number of ether oxygens (including phenoxy) is 2. The van der Waals surface area contributed by atoms with E-state index in [9.17, 15) is 9.59 Å². The number of nitrogens with zero attached hydrogens (tertiary/aromatic N) is 3. The van der Waals surface area contributed by atoms with Gasteiger partial charge in [0.1, 0.15) is 18.2 Å². The van der Waals surface area contributed by atoms with E-state index >= 15 is 0 Å². The molecule has 5 rings (SSSR count). The second-order valence-corrected chi connectivity index (χ2v) is 11.3. The van der Waals surface area contributed by atoms with Crippen LogP contribution >= 0.6 is 0 Å². The number of Topliss-reactive ketones (excluding diaryl/α,β-unsaturated/α-hetero) is 1. The molecular formula is C33H41N5O4. The number of methoxy groups -OCH3 is 1. The van der Waals surface area contributed by atoms with Crippen LogP contribution in [0.3, 0.4) is 0 Å². The van der Waals surface area contributed by atoms with Gasteiger partial charge in [-0.25, -0.2) is 14.8 Å². The number of aromatic nitrogens is 2. The van der Waals surface area contributed by atoms with Gasteiger partial charge in [0.2, 0.25) is 5.88 Å². The van der Waals surface area contributed by atoms with Crippen molar-refractivity contribution in [3.8, 4) is 5.88 Å². The van der Waals surface area contributed by atoms with Gasteiger partial charge in [-0.3, -0.25) is 4.79 Å². The number of amides is 1. The Labute approximate surface area is 248 Å². The summed E-state index contributed by atoms with van der Waals surface area (Å²) in [6.07, 6.45) is 6.93. The number of fused-ring (bicyclic) bond motifs is 2. The Kier molecular flexibility index (Phi) is 9.69. The number of rotatable bonds is 14. The summed E-state index contributed by atoms with van der Waals surface area (Å²) >= 11 is 0. The average Bonchev–Trinajstić information content (AvgIpc) is 3.78. The molecule has 1 amide bonds. The molecule has 1 atom stereocenters. The van der Waals surface area contributed by atoms with Crippen LogP contribution in [0.25, 0.3) is 0 Å². The van der Waals surface area contributed by atoms with Crippen molar-refractivity contribution in [2.45, 2.75) is 63.5 Å². The number of pyridine rings is 2. The van der Waals surface area contributed by atoms with Crippen LogP contribution in [0.5, 0.6) is 5.88 Å². The van der Waals surface area contributed by atoms with Gasteiger partial charge in [-0.15, -0.1) is 0 Å². The minimum absolute atomic E-state index is 0.0714. The van der Waals surface area contributed by atoms with Crippen molar-refractivity contribution in [3.05, 3.63) is 83.2 Å². The van der Waals surface area contributed by atoms with Gasteiger partial charge in [-0.1, -0.05) is 42.5 Å². The van der Waals surface area contributed by atoms with Crippen LogP contribution < -0.4 is 15.4 Å². The molecule has 9 nitrogen and oxygen atoms in total. The summed E-state index contributed by atoms with van der Waals surface area (Å²) < 4.78 is 10.9. The molecule has 2 N–H and O–H groups in total. The molecule has 42 heavy (non-hydrogen) atoms. The number of carbonyl (C=O) groups excluding carboxylic acids is 2. The SMILES string of the molecule is COc1ccc([C@H](CC(C)=O)NCCN(CCCc2ccc3c(n2)NCCC32CC2)C(=O)OCc2ccccc2)cn1. The van der Waals surface area contributed by atoms with Crippen molar-refractivity contribution in [2.75, 3.05) is 38.6 Å². The van der Waals surface area contributed by atoms with Crippen molar-refractivity contribution >= 4 is 17.7 Å². The monoisotopic (exact) mass is 571 g/mol. The zero-order chi connectivity index (χ0) is 29.4. The Morgan fingerprint density at radius 2 is 1.90 bits per heavy atom. The van der Waals surface area contributed by atoms with Crippen LogP contribution in [0.2, 0.25) is 0 Å². The Bertz CT molecular complexity index is 1340. The summed E-state index contributed by atoms with van der Waals surface area (Å²) in [6, 6.07) is 17.5. The van der Waals surface area contributed by atoms with E-state index in [0.717, 1.165) is 42.0 Å². The Hall–Kier alpha value is -3.98. The van der Waals surface area contributed by atoms with Crippen LogP contribution in [-0.4, -0.2) is 60.0 Å². The first kappa shape index (κ1) is 29.5. The van der Waals surface area contributed by atoms with Crippen LogP contribution in [0, 0.1) is 0 Å². The molecule has 0 bridgehead atoms. The lowest BCUT2D eigenvalue weighted by atomic mass is 9.90. The standard InChI is InChI=1S/C33H41N5O4/c1-24(39)21-29(26-10-13-30(41-2)36-22-26)34-18-20-38(32(40)42-23-25-7-4-3-5-8-25)19-6-9-27-11-12-28-31(37-27)35-17-16-33(28)14-15-33/h3-5,7-8,10-13,22,29,34H,6,9,14-21,23H2,1-2H3,(H,35,37)/t29-/m0/s1. The lowest BCUT2D eigenvalue weighted by molar-refractivity contribution is -0.117. The molecule has 2 aliphatic rings. The number of anilines is 1. The first-order valence-electron chi connectivity index (χ1n) is 14.9. The fourth-order valence-electron chi connectivity index (χ4n) is 5.67. The molecule has 0 radical (unpaired) electrons. The Morgan fingerprint density at radius 1 is 1.07 bits per heavy atom. The Morgan fingerprint density at radius 3 is 2.62 bits per heavy atom. The highest BCUT2D eigenvalue weighted by molar-refractivity contribution is 5.76. The molecule has 3 aromatic rings. The van der Waals surface area contributed by atoms with E-state index in [2.05, 4.69) is 27.8 Å². The van der Waals surface area contributed by atoms with Crippen molar-refractivity contribution in [1.29, 1.82) is 0 Å². The maximum Gasteiger partial charge on any atom is 0.410 e. The molecule has 1 saturated carbocycles. The maximum absolute atomic E-state index is 13.2. The van der Waals surface area contributed by atoms with Crippen molar-refractivity contribution < 1.29 is 19.1 Å². The van der Waals surface area contributed by atoms with Gasteiger partial charge in [0.15, 0.2) is 0 Å².